The lowest BCUT2D eigenvalue weighted by Gasteiger charge is -2.26. The average Bonchev–Trinajstić information content (AvgIpc) is 2.89. The number of likely N-dealkylation sites (N-methyl/N-ethyl adjacent to an activating group) is 1. The molecule has 0 aliphatic heterocycles. The topological polar surface area (TPSA) is 53.4 Å². The van der Waals surface area contributed by atoms with E-state index in [9.17, 15) is 4.79 Å². The predicted molar refractivity (Wildman–Crippen MR) is 82.1 cm³/mol. The Morgan fingerprint density at radius 2 is 2.30 bits per heavy atom. The maximum atomic E-state index is 11.1. The van der Waals surface area contributed by atoms with E-state index in [0.717, 1.165) is 6.42 Å². The summed E-state index contributed by atoms with van der Waals surface area (Å²) in [6, 6.07) is 7.20. The molecule has 2 heterocycles. The quantitative estimate of drug-likeness (QED) is 0.858. The molecule has 0 saturated carbocycles. The molecule has 20 heavy (non-hydrogen) atoms. The van der Waals surface area contributed by atoms with E-state index in [4.69, 9.17) is 16.7 Å². The number of rotatable bonds is 5. The van der Waals surface area contributed by atoms with Crippen molar-refractivity contribution in [2.45, 2.75) is 19.4 Å². The Balaban J connectivity index is 2.19. The summed E-state index contributed by atoms with van der Waals surface area (Å²) in [5.74, 6) is -0.436. The second-order valence-corrected chi connectivity index (χ2v) is 6.00. The highest BCUT2D eigenvalue weighted by atomic mass is 35.5. The van der Waals surface area contributed by atoms with E-state index < -0.39 is 5.97 Å². The van der Waals surface area contributed by atoms with Gasteiger partial charge in [-0.3, -0.25) is 0 Å². The van der Waals surface area contributed by atoms with Crippen LogP contribution < -0.4 is 4.90 Å². The van der Waals surface area contributed by atoms with Crippen molar-refractivity contribution in [1.29, 1.82) is 0 Å². The van der Waals surface area contributed by atoms with Crippen molar-refractivity contribution in [3.05, 3.63) is 45.2 Å². The van der Waals surface area contributed by atoms with Crippen LogP contribution in [0.25, 0.3) is 0 Å². The second-order valence-electron chi connectivity index (χ2n) is 4.59. The van der Waals surface area contributed by atoms with Gasteiger partial charge < -0.3 is 10.0 Å². The molecule has 0 aliphatic carbocycles. The molecule has 0 spiro atoms. The van der Waals surface area contributed by atoms with Crippen molar-refractivity contribution < 1.29 is 9.90 Å². The van der Waals surface area contributed by atoms with Gasteiger partial charge in [0.1, 0.15) is 11.0 Å². The Kier molecular flexibility index (Phi) is 4.62. The van der Waals surface area contributed by atoms with Gasteiger partial charge in [-0.1, -0.05) is 17.7 Å². The fraction of sp³-hybridized carbons (Fsp3) is 0.286. The van der Waals surface area contributed by atoms with Crippen molar-refractivity contribution in [1.82, 2.24) is 4.98 Å². The number of aromatic nitrogens is 1. The lowest BCUT2D eigenvalue weighted by atomic mass is 10.1. The summed E-state index contributed by atoms with van der Waals surface area (Å²) in [6.45, 7) is 2.07. The number of halogens is 1. The van der Waals surface area contributed by atoms with Crippen LogP contribution in [0.2, 0.25) is 5.15 Å². The van der Waals surface area contributed by atoms with E-state index in [2.05, 4.69) is 18.0 Å². The number of nitrogens with zero attached hydrogens (tertiary/aromatic N) is 2. The summed E-state index contributed by atoms with van der Waals surface area (Å²) >= 11 is 7.59. The Morgan fingerprint density at radius 3 is 2.90 bits per heavy atom. The minimum absolute atomic E-state index is 0.148. The first-order valence-electron chi connectivity index (χ1n) is 6.13. The fourth-order valence-corrected chi connectivity index (χ4v) is 2.90. The number of carboxylic acids is 1. The molecule has 0 fully saturated rings. The largest absolute Gasteiger partial charge is 0.478 e. The standard InChI is InChI=1S/C14H15ClN2O2S/c1-9(6-11-4-3-5-20-11)17(2)13-8-10(14(18)19)7-12(15)16-13/h3-5,7-9H,6H2,1-2H3,(H,18,19). The van der Waals surface area contributed by atoms with Crippen molar-refractivity contribution in [2.24, 2.45) is 0 Å². The van der Waals surface area contributed by atoms with Crippen LogP contribution in [0.15, 0.2) is 29.6 Å². The monoisotopic (exact) mass is 310 g/mol. The van der Waals surface area contributed by atoms with Crippen LogP contribution in [-0.2, 0) is 6.42 Å². The first-order chi connectivity index (χ1) is 9.47. The number of carboxylic acid groups (broad SMARTS) is 1. The normalized spacial score (nSPS) is 12.2. The smallest absolute Gasteiger partial charge is 0.335 e. The van der Waals surface area contributed by atoms with E-state index in [1.165, 1.54) is 10.9 Å². The lowest BCUT2D eigenvalue weighted by Crippen LogP contribution is -2.31. The van der Waals surface area contributed by atoms with Gasteiger partial charge in [-0.2, -0.15) is 0 Å². The number of hydrogen-bond donors (Lipinski definition) is 1. The Morgan fingerprint density at radius 1 is 1.55 bits per heavy atom. The maximum absolute atomic E-state index is 11.1. The van der Waals surface area contributed by atoms with E-state index in [-0.39, 0.29) is 16.8 Å². The van der Waals surface area contributed by atoms with Crippen LogP contribution in [-0.4, -0.2) is 29.1 Å². The predicted octanol–water partition coefficient (Wildman–Crippen LogP) is 3.56. The van der Waals surface area contributed by atoms with Gasteiger partial charge in [-0.15, -0.1) is 11.3 Å². The molecule has 0 saturated heterocycles. The Hall–Kier alpha value is -1.59. The van der Waals surface area contributed by atoms with Gasteiger partial charge in [-0.05, 0) is 30.5 Å². The third-order valence-corrected chi connectivity index (χ3v) is 4.22. The van der Waals surface area contributed by atoms with Gasteiger partial charge in [-0.25, -0.2) is 9.78 Å². The number of hydrogen-bond acceptors (Lipinski definition) is 4. The first-order valence-corrected chi connectivity index (χ1v) is 7.39. The summed E-state index contributed by atoms with van der Waals surface area (Å²) in [5, 5.41) is 11.3. The molecule has 0 aliphatic rings. The van der Waals surface area contributed by atoms with Gasteiger partial charge >= 0.3 is 5.97 Å². The molecule has 2 rings (SSSR count). The van der Waals surface area contributed by atoms with E-state index >= 15 is 0 Å². The highest BCUT2D eigenvalue weighted by Gasteiger charge is 2.15. The van der Waals surface area contributed by atoms with Crippen LogP contribution in [0.5, 0.6) is 0 Å². The highest BCUT2D eigenvalue weighted by molar-refractivity contribution is 7.09. The molecule has 6 heteroatoms. The van der Waals surface area contributed by atoms with Crippen LogP contribution in [0.4, 0.5) is 5.82 Å². The van der Waals surface area contributed by atoms with Crippen LogP contribution >= 0.6 is 22.9 Å². The van der Waals surface area contributed by atoms with E-state index in [1.54, 1.807) is 17.4 Å². The summed E-state index contributed by atoms with van der Waals surface area (Å²) in [4.78, 5) is 18.5. The molecular formula is C14H15ClN2O2S. The highest BCUT2D eigenvalue weighted by Crippen LogP contribution is 2.21. The van der Waals surface area contributed by atoms with E-state index in [0.29, 0.717) is 5.82 Å². The van der Waals surface area contributed by atoms with Crippen molar-refractivity contribution in [2.75, 3.05) is 11.9 Å². The molecule has 2 aromatic rings. The Labute approximate surface area is 126 Å². The SMILES string of the molecule is CC(Cc1cccs1)N(C)c1cc(C(=O)O)cc(Cl)n1. The van der Waals surface area contributed by atoms with Gasteiger partial charge in [0, 0.05) is 24.4 Å². The average molecular weight is 311 g/mol. The summed E-state index contributed by atoms with van der Waals surface area (Å²) < 4.78 is 0. The zero-order valence-corrected chi connectivity index (χ0v) is 12.8. The third-order valence-electron chi connectivity index (χ3n) is 3.13. The second kappa shape index (κ2) is 6.24. The summed E-state index contributed by atoms with van der Waals surface area (Å²) in [5.41, 5.74) is 0.148. The van der Waals surface area contributed by atoms with Crippen LogP contribution in [0.3, 0.4) is 0 Å². The summed E-state index contributed by atoms with van der Waals surface area (Å²) in [7, 11) is 1.89. The van der Waals surface area contributed by atoms with Crippen LogP contribution in [0, 0.1) is 0 Å². The fourth-order valence-electron chi connectivity index (χ4n) is 1.87. The molecule has 0 amide bonds. The number of anilines is 1. The number of pyridine rings is 1. The zero-order valence-electron chi connectivity index (χ0n) is 11.2. The summed E-state index contributed by atoms with van der Waals surface area (Å²) in [6.07, 6.45) is 0.880. The van der Waals surface area contributed by atoms with Crippen LogP contribution in [0.1, 0.15) is 22.2 Å². The molecule has 4 nitrogen and oxygen atoms in total. The number of aromatic carboxylic acids is 1. The molecule has 1 unspecified atom stereocenters. The minimum atomic E-state index is -1.00. The maximum Gasteiger partial charge on any atom is 0.335 e. The minimum Gasteiger partial charge on any atom is -0.478 e. The molecule has 1 N–H and O–H groups in total. The van der Waals surface area contributed by atoms with Crippen molar-refractivity contribution >= 4 is 34.7 Å². The molecule has 0 radical (unpaired) electrons. The van der Waals surface area contributed by atoms with E-state index in [1.807, 2.05) is 23.4 Å². The molecule has 106 valence electrons. The third kappa shape index (κ3) is 3.49. The van der Waals surface area contributed by atoms with Gasteiger partial charge in [0.05, 0.1) is 5.56 Å². The Bertz CT molecular complexity index is 601. The lowest BCUT2D eigenvalue weighted by molar-refractivity contribution is 0.0697. The molecule has 0 aromatic carbocycles. The van der Waals surface area contributed by atoms with Gasteiger partial charge in [0.25, 0.3) is 0 Å². The molecule has 2 aromatic heterocycles. The van der Waals surface area contributed by atoms with Crippen molar-refractivity contribution in [3.63, 3.8) is 0 Å². The molecule has 0 bridgehead atoms. The zero-order chi connectivity index (χ0) is 14.7. The van der Waals surface area contributed by atoms with Gasteiger partial charge in [0.15, 0.2) is 0 Å². The molecule has 1 atom stereocenters. The molecular weight excluding hydrogens is 296 g/mol. The number of thiophene rings is 1. The first kappa shape index (κ1) is 14.8. The van der Waals surface area contributed by atoms with Gasteiger partial charge in [0.2, 0.25) is 0 Å². The van der Waals surface area contributed by atoms with Crippen molar-refractivity contribution in [3.8, 4) is 0 Å². The number of carbonyl (C=O) groups is 1.